The van der Waals surface area contributed by atoms with Gasteiger partial charge in [0.05, 0.1) is 12.0 Å². The number of carbonyl (C=O) groups is 1. The standard InChI is InChI=1S/C10H11FO3/c1-6(10(13)14)9(12)7-2-4-8(11)5-3-7/h2-6,9,12H,1H3,(H,13,14). The van der Waals surface area contributed by atoms with Crippen molar-refractivity contribution in [2.24, 2.45) is 5.92 Å². The monoisotopic (exact) mass is 198 g/mol. The zero-order valence-corrected chi connectivity index (χ0v) is 7.64. The van der Waals surface area contributed by atoms with Crippen LogP contribution < -0.4 is 0 Å². The first-order valence-electron chi connectivity index (χ1n) is 4.18. The third kappa shape index (κ3) is 2.29. The summed E-state index contributed by atoms with van der Waals surface area (Å²) in [4.78, 5) is 10.5. The number of hydrogen-bond donors (Lipinski definition) is 2. The van der Waals surface area contributed by atoms with Gasteiger partial charge in [0.15, 0.2) is 0 Å². The van der Waals surface area contributed by atoms with E-state index in [1.165, 1.54) is 31.2 Å². The van der Waals surface area contributed by atoms with Gasteiger partial charge >= 0.3 is 5.97 Å². The molecule has 0 spiro atoms. The molecule has 0 radical (unpaired) electrons. The predicted octanol–water partition coefficient (Wildman–Crippen LogP) is 1.58. The molecule has 14 heavy (non-hydrogen) atoms. The molecule has 1 aromatic carbocycles. The van der Waals surface area contributed by atoms with Crippen LogP contribution in [0.5, 0.6) is 0 Å². The summed E-state index contributed by atoms with van der Waals surface area (Å²) in [5, 5.41) is 18.2. The highest BCUT2D eigenvalue weighted by Crippen LogP contribution is 2.21. The van der Waals surface area contributed by atoms with E-state index in [4.69, 9.17) is 5.11 Å². The minimum atomic E-state index is -1.10. The molecule has 2 atom stereocenters. The summed E-state index contributed by atoms with van der Waals surface area (Å²) < 4.78 is 12.5. The largest absolute Gasteiger partial charge is 0.481 e. The van der Waals surface area contributed by atoms with Crippen molar-refractivity contribution in [3.63, 3.8) is 0 Å². The maximum Gasteiger partial charge on any atom is 0.309 e. The molecule has 1 aromatic rings. The number of aliphatic hydroxyl groups excluding tert-OH is 1. The van der Waals surface area contributed by atoms with Crippen molar-refractivity contribution in [1.82, 2.24) is 0 Å². The number of aliphatic carboxylic acids is 1. The van der Waals surface area contributed by atoms with Gasteiger partial charge < -0.3 is 10.2 Å². The molecule has 0 aliphatic heterocycles. The number of rotatable bonds is 3. The Bertz CT molecular complexity index is 321. The highest BCUT2D eigenvalue weighted by Gasteiger charge is 2.22. The Hall–Kier alpha value is -1.42. The molecule has 0 amide bonds. The second kappa shape index (κ2) is 4.19. The van der Waals surface area contributed by atoms with Gasteiger partial charge in [0.2, 0.25) is 0 Å². The minimum absolute atomic E-state index is 0.404. The van der Waals surface area contributed by atoms with Crippen LogP contribution in [0.1, 0.15) is 18.6 Å². The maximum atomic E-state index is 12.5. The maximum absolute atomic E-state index is 12.5. The van der Waals surface area contributed by atoms with Crippen molar-refractivity contribution < 1.29 is 19.4 Å². The Morgan fingerprint density at radius 3 is 2.29 bits per heavy atom. The Morgan fingerprint density at radius 2 is 1.86 bits per heavy atom. The van der Waals surface area contributed by atoms with Gasteiger partial charge in [0.1, 0.15) is 5.82 Å². The fourth-order valence-corrected chi connectivity index (χ4v) is 1.08. The number of aliphatic hydroxyl groups is 1. The lowest BCUT2D eigenvalue weighted by Gasteiger charge is -2.14. The van der Waals surface area contributed by atoms with E-state index in [9.17, 15) is 14.3 Å². The van der Waals surface area contributed by atoms with Crippen LogP contribution in [0, 0.1) is 11.7 Å². The summed E-state index contributed by atoms with van der Waals surface area (Å²) >= 11 is 0. The SMILES string of the molecule is CC(C(=O)O)C(O)c1ccc(F)cc1. The molecule has 0 heterocycles. The Morgan fingerprint density at radius 1 is 1.36 bits per heavy atom. The molecular formula is C10H11FO3. The summed E-state index contributed by atoms with van der Waals surface area (Å²) in [6.45, 7) is 1.40. The van der Waals surface area contributed by atoms with Crippen molar-refractivity contribution in [3.05, 3.63) is 35.6 Å². The van der Waals surface area contributed by atoms with E-state index < -0.39 is 23.8 Å². The van der Waals surface area contributed by atoms with E-state index in [2.05, 4.69) is 0 Å². The zero-order valence-electron chi connectivity index (χ0n) is 7.64. The first-order chi connectivity index (χ1) is 6.52. The van der Waals surface area contributed by atoms with Crippen LogP contribution in [-0.4, -0.2) is 16.2 Å². The van der Waals surface area contributed by atoms with Crippen LogP contribution in [0.3, 0.4) is 0 Å². The molecule has 0 aromatic heterocycles. The molecule has 4 heteroatoms. The van der Waals surface area contributed by atoms with Gasteiger partial charge in [-0.1, -0.05) is 12.1 Å². The molecular weight excluding hydrogens is 187 g/mol. The van der Waals surface area contributed by atoms with Crippen molar-refractivity contribution in [2.45, 2.75) is 13.0 Å². The lowest BCUT2D eigenvalue weighted by atomic mass is 9.98. The summed E-state index contributed by atoms with van der Waals surface area (Å²) in [6.07, 6.45) is -1.10. The zero-order chi connectivity index (χ0) is 10.7. The molecule has 2 N–H and O–H groups in total. The molecule has 0 fully saturated rings. The summed E-state index contributed by atoms with van der Waals surface area (Å²) in [5.74, 6) is -2.40. The molecule has 2 unspecified atom stereocenters. The Balaban J connectivity index is 2.84. The summed E-state index contributed by atoms with van der Waals surface area (Å²) in [5.41, 5.74) is 0.404. The van der Waals surface area contributed by atoms with Crippen LogP contribution in [0.2, 0.25) is 0 Å². The van der Waals surface area contributed by atoms with Gasteiger partial charge in [-0.05, 0) is 24.6 Å². The number of halogens is 1. The average Bonchev–Trinajstić information content (AvgIpc) is 2.16. The van der Waals surface area contributed by atoms with Crippen LogP contribution in [0.25, 0.3) is 0 Å². The third-order valence-corrected chi connectivity index (χ3v) is 2.07. The topological polar surface area (TPSA) is 57.5 Å². The van der Waals surface area contributed by atoms with Crippen molar-refractivity contribution in [3.8, 4) is 0 Å². The van der Waals surface area contributed by atoms with Gasteiger partial charge in [-0.2, -0.15) is 0 Å². The lowest BCUT2D eigenvalue weighted by molar-refractivity contribution is -0.145. The van der Waals surface area contributed by atoms with Crippen LogP contribution in [0.4, 0.5) is 4.39 Å². The fraction of sp³-hybridized carbons (Fsp3) is 0.300. The molecule has 0 saturated heterocycles. The smallest absolute Gasteiger partial charge is 0.309 e. The number of hydrogen-bond acceptors (Lipinski definition) is 2. The molecule has 0 aliphatic rings. The van der Waals surface area contributed by atoms with E-state index in [0.717, 1.165) is 0 Å². The first kappa shape index (κ1) is 10.7. The highest BCUT2D eigenvalue weighted by atomic mass is 19.1. The van der Waals surface area contributed by atoms with E-state index in [0.29, 0.717) is 5.56 Å². The van der Waals surface area contributed by atoms with Crippen LogP contribution >= 0.6 is 0 Å². The van der Waals surface area contributed by atoms with Crippen molar-refractivity contribution in [1.29, 1.82) is 0 Å². The van der Waals surface area contributed by atoms with Gasteiger partial charge in [0.25, 0.3) is 0 Å². The van der Waals surface area contributed by atoms with Gasteiger partial charge in [-0.25, -0.2) is 4.39 Å². The highest BCUT2D eigenvalue weighted by molar-refractivity contribution is 5.70. The number of carboxylic acid groups (broad SMARTS) is 1. The van der Waals surface area contributed by atoms with Crippen LogP contribution in [0.15, 0.2) is 24.3 Å². The molecule has 1 rings (SSSR count). The molecule has 0 aliphatic carbocycles. The van der Waals surface area contributed by atoms with Crippen LogP contribution in [-0.2, 0) is 4.79 Å². The normalized spacial score (nSPS) is 14.8. The van der Waals surface area contributed by atoms with Gasteiger partial charge in [-0.3, -0.25) is 4.79 Å². The first-order valence-corrected chi connectivity index (χ1v) is 4.18. The molecule has 76 valence electrons. The second-order valence-corrected chi connectivity index (χ2v) is 3.12. The minimum Gasteiger partial charge on any atom is -0.481 e. The Labute approximate surface area is 80.8 Å². The number of benzene rings is 1. The lowest BCUT2D eigenvalue weighted by Crippen LogP contribution is -2.18. The molecule has 3 nitrogen and oxygen atoms in total. The van der Waals surface area contributed by atoms with E-state index >= 15 is 0 Å². The quantitative estimate of drug-likeness (QED) is 0.775. The van der Waals surface area contributed by atoms with E-state index in [1.807, 2.05) is 0 Å². The van der Waals surface area contributed by atoms with Crippen molar-refractivity contribution >= 4 is 5.97 Å². The number of carboxylic acids is 1. The van der Waals surface area contributed by atoms with Gasteiger partial charge in [-0.15, -0.1) is 0 Å². The van der Waals surface area contributed by atoms with Gasteiger partial charge in [0, 0.05) is 0 Å². The van der Waals surface area contributed by atoms with E-state index in [-0.39, 0.29) is 0 Å². The van der Waals surface area contributed by atoms with E-state index in [1.54, 1.807) is 0 Å². The predicted molar refractivity (Wildman–Crippen MR) is 48.2 cm³/mol. The second-order valence-electron chi connectivity index (χ2n) is 3.12. The van der Waals surface area contributed by atoms with Crippen molar-refractivity contribution in [2.75, 3.05) is 0 Å². The summed E-state index contributed by atoms with van der Waals surface area (Å²) in [6, 6.07) is 5.12. The molecule has 0 saturated carbocycles. The summed E-state index contributed by atoms with van der Waals surface area (Å²) in [7, 11) is 0. The fourth-order valence-electron chi connectivity index (χ4n) is 1.08. The third-order valence-electron chi connectivity index (χ3n) is 2.07. The Kier molecular flexibility index (Phi) is 3.19. The molecule has 0 bridgehead atoms. The average molecular weight is 198 g/mol.